The van der Waals surface area contributed by atoms with Crippen LogP contribution in [0.15, 0.2) is 41.0 Å². The van der Waals surface area contributed by atoms with Gasteiger partial charge in [-0.3, -0.25) is 9.59 Å². The van der Waals surface area contributed by atoms with Crippen molar-refractivity contribution in [3.63, 3.8) is 0 Å². The van der Waals surface area contributed by atoms with Crippen LogP contribution in [0.2, 0.25) is 0 Å². The van der Waals surface area contributed by atoms with E-state index in [2.05, 4.69) is 20.2 Å². The normalized spacial score (nSPS) is 16.3. The number of nitrogens with one attached hydrogen (secondary N) is 1. The molecule has 146 valence electrons. The first-order valence-corrected chi connectivity index (χ1v) is 10.3. The lowest BCUT2D eigenvalue weighted by Gasteiger charge is -2.35. The minimum Gasteiger partial charge on any atom is -0.356 e. The molecule has 1 amide bonds. The summed E-state index contributed by atoms with van der Waals surface area (Å²) < 4.78 is 2.84. The van der Waals surface area contributed by atoms with Gasteiger partial charge >= 0.3 is 0 Å². The third kappa shape index (κ3) is 3.64. The van der Waals surface area contributed by atoms with E-state index in [1.165, 1.54) is 6.07 Å². The maximum atomic E-state index is 12.5. The fraction of sp³-hybridized carbons (Fsp3) is 0.400. The van der Waals surface area contributed by atoms with Crippen LogP contribution in [-0.4, -0.2) is 39.6 Å². The van der Waals surface area contributed by atoms with Gasteiger partial charge in [0.05, 0.1) is 10.2 Å². The molecule has 1 aliphatic heterocycles. The van der Waals surface area contributed by atoms with Gasteiger partial charge in [-0.2, -0.15) is 0 Å². The maximum absolute atomic E-state index is 12.5. The highest BCUT2D eigenvalue weighted by atomic mass is 32.1. The number of aromatic nitrogens is 3. The first kappa shape index (κ1) is 18.6. The number of anilines is 1. The van der Waals surface area contributed by atoms with Crippen molar-refractivity contribution in [1.82, 2.24) is 19.9 Å². The number of pyridine rings is 1. The minimum absolute atomic E-state index is 0.00622. The zero-order valence-electron chi connectivity index (χ0n) is 16.0. The van der Waals surface area contributed by atoms with Gasteiger partial charge in [0.1, 0.15) is 17.7 Å². The van der Waals surface area contributed by atoms with Crippen LogP contribution in [0, 0.1) is 5.92 Å². The fourth-order valence-corrected chi connectivity index (χ4v) is 4.63. The number of carbonyl (C=O) groups excluding carboxylic acids is 1. The van der Waals surface area contributed by atoms with E-state index >= 15 is 0 Å². The van der Waals surface area contributed by atoms with Gasteiger partial charge in [-0.25, -0.2) is 9.97 Å². The number of carbonyl (C=O) groups is 1. The average molecular weight is 398 g/mol. The lowest BCUT2D eigenvalue weighted by atomic mass is 9.90. The standard InChI is InChI=1S/C20H23N5O2S/c1-13(23-20(27)15-11-24(2)7-5-17(15)26)14-3-8-25(9-4-14)19-18-16(6-10-28-18)21-12-22-19/h5-7,10-14H,3-4,8-9H2,1-2H3,(H,23,27)/t13-/m1/s1. The Balaban J connectivity index is 1.39. The van der Waals surface area contributed by atoms with Crippen molar-refractivity contribution < 1.29 is 4.79 Å². The Kier molecular flexibility index (Phi) is 5.13. The van der Waals surface area contributed by atoms with E-state index in [1.807, 2.05) is 18.4 Å². The predicted molar refractivity (Wildman–Crippen MR) is 111 cm³/mol. The highest BCUT2D eigenvalue weighted by Crippen LogP contribution is 2.31. The van der Waals surface area contributed by atoms with Gasteiger partial charge in [-0.1, -0.05) is 0 Å². The number of aryl methyl sites for hydroxylation is 1. The number of fused-ring (bicyclic) bond motifs is 1. The van der Waals surface area contributed by atoms with Crippen molar-refractivity contribution in [3.8, 4) is 0 Å². The molecule has 1 aliphatic rings. The van der Waals surface area contributed by atoms with E-state index < -0.39 is 0 Å². The molecule has 1 N–H and O–H groups in total. The second-order valence-electron chi connectivity index (χ2n) is 7.31. The second kappa shape index (κ2) is 7.71. The molecule has 0 bridgehead atoms. The summed E-state index contributed by atoms with van der Waals surface area (Å²) in [6.07, 6.45) is 6.78. The Labute approximate surface area is 167 Å². The molecule has 8 heteroatoms. The lowest BCUT2D eigenvalue weighted by molar-refractivity contribution is 0.0920. The molecule has 0 aromatic carbocycles. The molecule has 0 aliphatic carbocycles. The molecule has 0 unspecified atom stereocenters. The quantitative estimate of drug-likeness (QED) is 0.731. The number of hydrogen-bond acceptors (Lipinski definition) is 6. The van der Waals surface area contributed by atoms with Gasteiger partial charge in [0, 0.05) is 44.6 Å². The topological polar surface area (TPSA) is 80.1 Å². The number of piperidine rings is 1. The van der Waals surface area contributed by atoms with Crippen molar-refractivity contribution in [2.45, 2.75) is 25.8 Å². The summed E-state index contributed by atoms with van der Waals surface area (Å²) in [7, 11) is 1.80. The van der Waals surface area contributed by atoms with E-state index in [0.29, 0.717) is 5.92 Å². The Morgan fingerprint density at radius 2 is 2.07 bits per heavy atom. The molecule has 4 heterocycles. The number of hydrogen-bond donors (Lipinski definition) is 1. The van der Waals surface area contributed by atoms with Gasteiger partial charge < -0.3 is 14.8 Å². The second-order valence-corrected chi connectivity index (χ2v) is 8.22. The van der Waals surface area contributed by atoms with Gasteiger partial charge in [0.2, 0.25) is 0 Å². The monoisotopic (exact) mass is 397 g/mol. The molecule has 1 atom stereocenters. The minimum atomic E-state index is -0.299. The molecule has 0 spiro atoms. The first-order chi connectivity index (χ1) is 13.5. The Morgan fingerprint density at radius 3 is 2.86 bits per heavy atom. The summed E-state index contributed by atoms with van der Waals surface area (Å²) in [5.74, 6) is 1.07. The molecule has 7 nitrogen and oxygen atoms in total. The summed E-state index contributed by atoms with van der Waals surface area (Å²) in [5, 5.41) is 5.06. The number of nitrogens with zero attached hydrogens (tertiary/aromatic N) is 4. The SMILES string of the molecule is C[C@@H](NC(=O)c1cn(C)ccc1=O)C1CCN(c2ncnc3ccsc23)CC1. The zero-order chi connectivity index (χ0) is 19.7. The molecule has 0 saturated carbocycles. The molecule has 3 aromatic rings. The van der Waals surface area contributed by atoms with E-state index in [0.717, 1.165) is 42.0 Å². The lowest BCUT2D eigenvalue weighted by Crippen LogP contribution is -2.45. The molecular weight excluding hydrogens is 374 g/mol. The largest absolute Gasteiger partial charge is 0.356 e. The molecule has 4 rings (SSSR count). The van der Waals surface area contributed by atoms with E-state index in [9.17, 15) is 9.59 Å². The van der Waals surface area contributed by atoms with Crippen LogP contribution < -0.4 is 15.6 Å². The van der Waals surface area contributed by atoms with Crippen LogP contribution >= 0.6 is 11.3 Å². The molecule has 0 radical (unpaired) electrons. The van der Waals surface area contributed by atoms with Crippen molar-refractivity contribution in [3.05, 3.63) is 52.0 Å². The summed E-state index contributed by atoms with van der Waals surface area (Å²) in [5.41, 5.74) is 0.930. The van der Waals surface area contributed by atoms with Crippen molar-refractivity contribution >= 4 is 33.3 Å². The molecule has 28 heavy (non-hydrogen) atoms. The Bertz CT molecular complexity index is 1050. The van der Waals surface area contributed by atoms with Crippen LogP contribution in [0.4, 0.5) is 5.82 Å². The van der Waals surface area contributed by atoms with Gasteiger partial charge in [0.25, 0.3) is 5.91 Å². The number of amides is 1. The smallest absolute Gasteiger partial charge is 0.256 e. The first-order valence-electron chi connectivity index (χ1n) is 9.43. The third-order valence-corrected chi connectivity index (χ3v) is 6.33. The third-order valence-electron chi connectivity index (χ3n) is 5.43. The summed E-state index contributed by atoms with van der Waals surface area (Å²) in [4.78, 5) is 35.6. The Hall–Kier alpha value is -2.74. The van der Waals surface area contributed by atoms with Gasteiger partial charge in [0.15, 0.2) is 5.43 Å². The number of thiophene rings is 1. The van der Waals surface area contributed by atoms with Crippen LogP contribution in [0.25, 0.3) is 10.2 Å². The zero-order valence-corrected chi connectivity index (χ0v) is 16.8. The molecule has 1 saturated heterocycles. The maximum Gasteiger partial charge on any atom is 0.256 e. The average Bonchev–Trinajstić information content (AvgIpc) is 3.18. The highest BCUT2D eigenvalue weighted by Gasteiger charge is 2.27. The van der Waals surface area contributed by atoms with Gasteiger partial charge in [-0.15, -0.1) is 11.3 Å². The molecule has 1 fully saturated rings. The van der Waals surface area contributed by atoms with E-state index in [4.69, 9.17) is 0 Å². The molecular formula is C20H23N5O2S. The van der Waals surface area contributed by atoms with Crippen molar-refractivity contribution in [1.29, 1.82) is 0 Å². The van der Waals surface area contributed by atoms with Crippen molar-refractivity contribution in [2.75, 3.05) is 18.0 Å². The van der Waals surface area contributed by atoms with E-state index in [-0.39, 0.29) is 22.9 Å². The Morgan fingerprint density at radius 1 is 1.29 bits per heavy atom. The van der Waals surface area contributed by atoms with E-state index in [1.54, 1.807) is 41.7 Å². The summed E-state index contributed by atoms with van der Waals surface area (Å²) in [6, 6.07) is 3.45. The summed E-state index contributed by atoms with van der Waals surface area (Å²) >= 11 is 1.67. The highest BCUT2D eigenvalue weighted by molar-refractivity contribution is 7.17. The fourth-order valence-electron chi connectivity index (χ4n) is 3.77. The van der Waals surface area contributed by atoms with Crippen LogP contribution in [0.1, 0.15) is 30.1 Å². The predicted octanol–water partition coefficient (Wildman–Crippen LogP) is 2.42. The number of rotatable bonds is 4. The van der Waals surface area contributed by atoms with Crippen molar-refractivity contribution in [2.24, 2.45) is 13.0 Å². The van der Waals surface area contributed by atoms with Gasteiger partial charge in [-0.05, 0) is 37.1 Å². The summed E-state index contributed by atoms with van der Waals surface area (Å²) in [6.45, 7) is 3.80. The van der Waals surface area contributed by atoms with Crippen LogP contribution in [0.5, 0.6) is 0 Å². The molecule has 3 aromatic heterocycles. The van der Waals surface area contributed by atoms with Crippen LogP contribution in [0.3, 0.4) is 0 Å². The van der Waals surface area contributed by atoms with Crippen LogP contribution in [-0.2, 0) is 7.05 Å².